The largest absolute Gasteiger partial charge is 0.487 e. The second-order valence-corrected chi connectivity index (χ2v) is 7.13. The standard InChI is InChI=1S/C22H29N3O3/c1-17-6-7-21(15-24-17)28-16-18-4-2-5-19(14-18)22(26)25-11-8-20(9-12-25)27-13-3-10-23/h2,4-7,14-15,20H,3,8-13,16,23H2,1H3. The van der Waals surface area contributed by atoms with E-state index in [1.165, 1.54) is 0 Å². The van der Waals surface area contributed by atoms with Crippen molar-refractivity contribution in [3.05, 3.63) is 59.4 Å². The summed E-state index contributed by atoms with van der Waals surface area (Å²) in [7, 11) is 0. The number of aromatic nitrogens is 1. The highest BCUT2D eigenvalue weighted by Crippen LogP contribution is 2.18. The van der Waals surface area contributed by atoms with Crippen LogP contribution in [0.15, 0.2) is 42.6 Å². The first-order chi connectivity index (χ1) is 13.7. The van der Waals surface area contributed by atoms with E-state index in [1.807, 2.05) is 48.2 Å². The molecule has 2 aromatic rings. The van der Waals surface area contributed by atoms with Crippen LogP contribution in [0.4, 0.5) is 0 Å². The average Bonchev–Trinajstić information content (AvgIpc) is 2.74. The number of carbonyl (C=O) groups is 1. The van der Waals surface area contributed by atoms with Crippen molar-refractivity contribution >= 4 is 5.91 Å². The molecule has 1 amide bonds. The Morgan fingerprint density at radius 2 is 2.07 bits per heavy atom. The highest BCUT2D eigenvalue weighted by atomic mass is 16.5. The van der Waals surface area contributed by atoms with Gasteiger partial charge in [-0.05, 0) is 62.6 Å². The third-order valence-corrected chi connectivity index (χ3v) is 4.89. The molecule has 1 aromatic heterocycles. The summed E-state index contributed by atoms with van der Waals surface area (Å²) in [6.45, 7) is 5.14. The smallest absolute Gasteiger partial charge is 0.253 e. The van der Waals surface area contributed by atoms with Crippen LogP contribution in [-0.4, -0.2) is 48.1 Å². The first-order valence-corrected chi connectivity index (χ1v) is 9.91. The predicted octanol–water partition coefficient (Wildman–Crippen LogP) is 2.94. The summed E-state index contributed by atoms with van der Waals surface area (Å²) < 4.78 is 11.6. The van der Waals surface area contributed by atoms with Crippen LogP contribution in [0.1, 0.15) is 40.9 Å². The number of carbonyl (C=O) groups excluding carboxylic acids is 1. The van der Waals surface area contributed by atoms with Crippen molar-refractivity contribution in [1.82, 2.24) is 9.88 Å². The van der Waals surface area contributed by atoms with Crippen molar-refractivity contribution in [2.45, 2.75) is 38.9 Å². The van der Waals surface area contributed by atoms with E-state index < -0.39 is 0 Å². The van der Waals surface area contributed by atoms with E-state index in [-0.39, 0.29) is 12.0 Å². The van der Waals surface area contributed by atoms with Gasteiger partial charge in [-0.2, -0.15) is 0 Å². The number of hydrogen-bond donors (Lipinski definition) is 1. The molecule has 1 fully saturated rings. The Labute approximate surface area is 166 Å². The molecule has 6 heteroatoms. The number of likely N-dealkylation sites (tertiary alicyclic amines) is 1. The van der Waals surface area contributed by atoms with Gasteiger partial charge in [0.1, 0.15) is 12.4 Å². The quantitative estimate of drug-likeness (QED) is 0.709. The minimum absolute atomic E-state index is 0.0688. The van der Waals surface area contributed by atoms with E-state index in [4.69, 9.17) is 15.2 Å². The Bertz CT molecular complexity index is 756. The lowest BCUT2D eigenvalue weighted by Crippen LogP contribution is -2.41. The molecule has 2 heterocycles. The fourth-order valence-corrected chi connectivity index (χ4v) is 3.24. The average molecular weight is 383 g/mol. The Morgan fingerprint density at radius 3 is 2.79 bits per heavy atom. The zero-order valence-corrected chi connectivity index (χ0v) is 16.5. The third-order valence-electron chi connectivity index (χ3n) is 4.89. The third kappa shape index (κ3) is 5.78. The number of amides is 1. The minimum Gasteiger partial charge on any atom is -0.487 e. The molecule has 0 unspecified atom stereocenters. The SMILES string of the molecule is Cc1ccc(OCc2cccc(C(=O)N3CCC(OCCCN)CC3)c2)cn1. The first kappa shape index (κ1) is 20.3. The Hall–Kier alpha value is -2.44. The van der Waals surface area contributed by atoms with E-state index in [1.54, 1.807) is 6.20 Å². The molecule has 1 aliphatic rings. The summed E-state index contributed by atoms with van der Waals surface area (Å²) >= 11 is 0. The molecule has 28 heavy (non-hydrogen) atoms. The normalized spacial score (nSPS) is 14.9. The fourth-order valence-electron chi connectivity index (χ4n) is 3.24. The maximum Gasteiger partial charge on any atom is 0.253 e. The number of pyridine rings is 1. The van der Waals surface area contributed by atoms with Crippen LogP contribution in [-0.2, 0) is 11.3 Å². The van der Waals surface area contributed by atoms with Gasteiger partial charge in [0.15, 0.2) is 0 Å². The van der Waals surface area contributed by atoms with Crippen LogP contribution in [0.3, 0.4) is 0 Å². The van der Waals surface area contributed by atoms with Crippen LogP contribution in [0.25, 0.3) is 0 Å². The Morgan fingerprint density at radius 1 is 1.25 bits per heavy atom. The second kappa shape index (κ2) is 10.2. The van der Waals surface area contributed by atoms with Crippen molar-refractivity contribution in [3.63, 3.8) is 0 Å². The number of ether oxygens (including phenoxy) is 2. The van der Waals surface area contributed by atoms with Gasteiger partial charge in [-0.3, -0.25) is 9.78 Å². The molecule has 0 saturated carbocycles. The van der Waals surface area contributed by atoms with Crippen molar-refractivity contribution in [2.24, 2.45) is 5.73 Å². The molecular weight excluding hydrogens is 354 g/mol. The molecule has 150 valence electrons. The molecule has 1 aliphatic heterocycles. The van der Waals surface area contributed by atoms with Gasteiger partial charge in [-0.15, -0.1) is 0 Å². The van der Waals surface area contributed by atoms with E-state index in [9.17, 15) is 4.79 Å². The van der Waals surface area contributed by atoms with Gasteiger partial charge in [0.05, 0.1) is 12.3 Å². The van der Waals surface area contributed by atoms with Crippen molar-refractivity contribution in [2.75, 3.05) is 26.2 Å². The molecule has 3 rings (SSSR count). The molecule has 0 atom stereocenters. The number of rotatable bonds is 8. The predicted molar refractivity (Wildman–Crippen MR) is 108 cm³/mol. The number of nitrogens with zero attached hydrogens (tertiary/aromatic N) is 2. The number of aryl methyl sites for hydroxylation is 1. The highest BCUT2D eigenvalue weighted by molar-refractivity contribution is 5.94. The van der Waals surface area contributed by atoms with Gasteiger partial charge < -0.3 is 20.1 Å². The summed E-state index contributed by atoms with van der Waals surface area (Å²) in [6.07, 6.45) is 4.58. The Balaban J connectivity index is 1.52. The molecule has 1 aromatic carbocycles. The lowest BCUT2D eigenvalue weighted by atomic mass is 10.1. The number of piperidine rings is 1. The van der Waals surface area contributed by atoms with Gasteiger partial charge in [0.25, 0.3) is 5.91 Å². The van der Waals surface area contributed by atoms with Crippen LogP contribution in [0.2, 0.25) is 0 Å². The molecule has 2 N–H and O–H groups in total. The van der Waals surface area contributed by atoms with Crippen molar-refractivity contribution in [3.8, 4) is 5.75 Å². The van der Waals surface area contributed by atoms with Crippen molar-refractivity contribution < 1.29 is 14.3 Å². The summed E-state index contributed by atoms with van der Waals surface area (Å²) in [4.78, 5) is 19.0. The van der Waals surface area contributed by atoms with E-state index in [0.717, 1.165) is 49.4 Å². The topological polar surface area (TPSA) is 77.7 Å². The van der Waals surface area contributed by atoms with Crippen molar-refractivity contribution in [1.29, 1.82) is 0 Å². The molecule has 0 aliphatic carbocycles. The number of hydrogen-bond acceptors (Lipinski definition) is 5. The molecule has 1 saturated heterocycles. The number of benzene rings is 1. The number of nitrogens with two attached hydrogens (primary N) is 1. The van der Waals surface area contributed by atoms with Gasteiger partial charge >= 0.3 is 0 Å². The zero-order chi connectivity index (χ0) is 19.8. The summed E-state index contributed by atoms with van der Waals surface area (Å²) in [5, 5.41) is 0. The van der Waals surface area contributed by atoms with Crippen LogP contribution in [0.5, 0.6) is 5.75 Å². The Kier molecular flexibility index (Phi) is 7.39. The van der Waals surface area contributed by atoms with Crippen LogP contribution >= 0.6 is 0 Å². The minimum atomic E-state index is 0.0688. The monoisotopic (exact) mass is 383 g/mol. The first-order valence-electron chi connectivity index (χ1n) is 9.91. The lowest BCUT2D eigenvalue weighted by Gasteiger charge is -2.32. The van der Waals surface area contributed by atoms with E-state index in [0.29, 0.717) is 25.3 Å². The van der Waals surface area contributed by atoms with Crippen LogP contribution < -0.4 is 10.5 Å². The molecule has 0 radical (unpaired) electrons. The maximum absolute atomic E-state index is 12.8. The summed E-state index contributed by atoms with van der Waals surface area (Å²) in [6, 6.07) is 11.5. The van der Waals surface area contributed by atoms with E-state index in [2.05, 4.69) is 4.98 Å². The molecule has 6 nitrogen and oxygen atoms in total. The summed E-state index contributed by atoms with van der Waals surface area (Å²) in [5.41, 5.74) is 8.11. The van der Waals surface area contributed by atoms with Gasteiger partial charge in [-0.1, -0.05) is 12.1 Å². The van der Waals surface area contributed by atoms with Gasteiger partial charge in [-0.25, -0.2) is 0 Å². The van der Waals surface area contributed by atoms with Gasteiger partial charge in [0.2, 0.25) is 0 Å². The van der Waals surface area contributed by atoms with Gasteiger partial charge in [0, 0.05) is 31.0 Å². The molecular formula is C22H29N3O3. The maximum atomic E-state index is 12.8. The zero-order valence-electron chi connectivity index (χ0n) is 16.5. The van der Waals surface area contributed by atoms with E-state index >= 15 is 0 Å². The summed E-state index contributed by atoms with van der Waals surface area (Å²) in [5.74, 6) is 0.790. The molecule has 0 spiro atoms. The second-order valence-electron chi connectivity index (χ2n) is 7.13. The lowest BCUT2D eigenvalue weighted by molar-refractivity contribution is 0.00844. The molecule has 0 bridgehead atoms. The van der Waals surface area contributed by atoms with Crippen LogP contribution in [0, 0.1) is 6.92 Å². The fraction of sp³-hybridized carbons (Fsp3) is 0.455. The highest BCUT2D eigenvalue weighted by Gasteiger charge is 2.24.